The molecule has 1 unspecified atom stereocenters. The van der Waals surface area contributed by atoms with Crippen molar-refractivity contribution in [3.63, 3.8) is 0 Å². The predicted octanol–water partition coefficient (Wildman–Crippen LogP) is -1.51. The van der Waals surface area contributed by atoms with Crippen molar-refractivity contribution in [2.75, 3.05) is 6.61 Å². The number of aliphatic hydroxyl groups is 2. The van der Waals surface area contributed by atoms with Crippen molar-refractivity contribution in [2.45, 2.75) is 31.8 Å². The lowest BCUT2D eigenvalue weighted by Crippen LogP contribution is -2.36. The number of hydrogen-bond acceptors (Lipinski definition) is 5. The molecule has 0 spiro atoms. The topological polar surface area (TPSA) is 105 Å². The second kappa shape index (κ2) is 4.44. The number of aromatic nitrogens is 2. The number of nitrogens with one attached hydrogen (secondary N) is 1. The van der Waals surface area contributed by atoms with Crippen LogP contribution in [-0.2, 0) is 4.74 Å². The van der Waals surface area contributed by atoms with Crippen molar-refractivity contribution in [2.24, 2.45) is 0 Å². The van der Waals surface area contributed by atoms with E-state index >= 15 is 0 Å². The molecule has 7 heteroatoms. The quantitative estimate of drug-likeness (QED) is 0.584. The molecule has 0 aromatic carbocycles. The monoisotopic (exact) mass is 242 g/mol. The van der Waals surface area contributed by atoms with E-state index in [9.17, 15) is 14.7 Å². The lowest BCUT2D eigenvalue weighted by atomic mass is 10.2. The van der Waals surface area contributed by atoms with Crippen LogP contribution in [0.4, 0.5) is 0 Å². The largest absolute Gasteiger partial charge is 0.394 e. The smallest absolute Gasteiger partial charge is 0.330 e. The molecule has 1 fully saturated rings. The zero-order chi connectivity index (χ0) is 12.6. The molecule has 3 atom stereocenters. The van der Waals surface area contributed by atoms with E-state index in [2.05, 4.69) is 4.98 Å². The van der Waals surface area contributed by atoms with Gasteiger partial charge in [-0.2, -0.15) is 0 Å². The van der Waals surface area contributed by atoms with E-state index in [-0.39, 0.29) is 13.0 Å². The van der Waals surface area contributed by atoms with Crippen LogP contribution in [0.25, 0.3) is 0 Å². The number of ether oxygens (including phenoxy) is 1. The molecular formula is C10H14N2O5. The van der Waals surface area contributed by atoms with Crippen molar-refractivity contribution in [1.82, 2.24) is 9.55 Å². The lowest BCUT2D eigenvalue weighted by Gasteiger charge is -2.17. The first-order valence-corrected chi connectivity index (χ1v) is 5.29. The molecule has 17 heavy (non-hydrogen) atoms. The minimum Gasteiger partial charge on any atom is -0.394 e. The second-order valence-corrected chi connectivity index (χ2v) is 4.11. The van der Waals surface area contributed by atoms with Gasteiger partial charge in [0.25, 0.3) is 5.56 Å². The summed E-state index contributed by atoms with van der Waals surface area (Å²) >= 11 is 0. The van der Waals surface area contributed by atoms with Crippen LogP contribution in [-0.4, -0.2) is 38.6 Å². The molecule has 3 N–H and O–H groups in total. The van der Waals surface area contributed by atoms with Crippen LogP contribution in [0.5, 0.6) is 0 Å². The van der Waals surface area contributed by atoms with Crippen molar-refractivity contribution in [3.8, 4) is 0 Å². The summed E-state index contributed by atoms with van der Waals surface area (Å²) in [6.07, 6.45) is -0.639. The Morgan fingerprint density at radius 2 is 2.29 bits per heavy atom. The number of hydrogen-bond donors (Lipinski definition) is 3. The van der Waals surface area contributed by atoms with Gasteiger partial charge in [-0.05, 0) is 6.92 Å². The molecule has 2 heterocycles. The summed E-state index contributed by atoms with van der Waals surface area (Å²) in [4.78, 5) is 24.9. The molecule has 1 aromatic rings. The molecule has 2 rings (SSSR count). The minimum atomic E-state index is -0.879. The average Bonchev–Trinajstić information content (AvgIpc) is 2.65. The third-order valence-corrected chi connectivity index (χ3v) is 2.79. The van der Waals surface area contributed by atoms with Gasteiger partial charge in [-0.25, -0.2) is 4.79 Å². The van der Waals surface area contributed by atoms with Crippen molar-refractivity contribution in [3.05, 3.63) is 32.6 Å². The van der Waals surface area contributed by atoms with E-state index in [0.717, 1.165) is 4.57 Å². The number of aromatic amines is 1. The standard InChI is InChI=1S/C10H14N2O5/c1-5-3-12(10(16)11-8(5)15)9-7(14)2-6(4-13)17-9/h3,6-7,9,13-14H,2,4H2,1H3,(H,11,15,16)/t6-,7?,9+/m0/s1. The van der Waals surface area contributed by atoms with E-state index in [0.29, 0.717) is 5.56 Å². The Morgan fingerprint density at radius 3 is 2.88 bits per heavy atom. The van der Waals surface area contributed by atoms with Gasteiger partial charge in [0.1, 0.15) is 6.10 Å². The molecule has 94 valence electrons. The Bertz CT molecular complexity index is 520. The predicted molar refractivity (Wildman–Crippen MR) is 57.7 cm³/mol. The summed E-state index contributed by atoms with van der Waals surface area (Å²) in [5.74, 6) is 0. The average molecular weight is 242 g/mol. The third-order valence-electron chi connectivity index (χ3n) is 2.79. The normalized spacial score (nSPS) is 28.5. The first kappa shape index (κ1) is 12.0. The highest BCUT2D eigenvalue weighted by Crippen LogP contribution is 2.27. The van der Waals surface area contributed by atoms with Gasteiger partial charge in [-0.15, -0.1) is 0 Å². The zero-order valence-corrected chi connectivity index (χ0v) is 9.29. The Labute approximate surface area is 96.3 Å². The zero-order valence-electron chi connectivity index (χ0n) is 9.29. The highest BCUT2D eigenvalue weighted by Gasteiger charge is 2.35. The number of rotatable bonds is 2. The second-order valence-electron chi connectivity index (χ2n) is 4.11. The summed E-state index contributed by atoms with van der Waals surface area (Å²) < 4.78 is 6.46. The maximum absolute atomic E-state index is 11.6. The highest BCUT2D eigenvalue weighted by molar-refractivity contribution is 5.02. The fourth-order valence-electron chi connectivity index (χ4n) is 1.87. The van der Waals surface area contributed by atoms with E-state index < -0.39 is 29.7 Å². The fraction of sp³-hybridized carbons (Fsp3) is 0.600. The Kier molecular flexibility index (Phi) is 3.14. The Hall–Kier alpha value is -1.44. The lowest BCUT2D eigenvalue weighted by molar-refractivity contribution is -0.0531. The van der Waals surface area contributed by atoms with E-state index in [4.69, 9.17) is 9.84 Å². The third kappa shape index (κ3) is 2.17. The first-order valence-electron chi connectivity index (χ1n) is 5.29. The van der Waals surface area contributed by atoms with Gasteiger partial charge in [0.15, 0.2) is 6.23 Å². The molecule has 1 saturated heterocycles. The van der Waals surface area contributed by atoms with Crippen LogP contribution in [0.3, 0.4) is 0 Å². The van der Waals surface area contributed by atoms with Gasteiger partial charge in [-0.3, -0.25) is 14.3 Å². The highest BCUT2D eigenvalue weighted by atomic mass is 16.5. The summed E-state index contributed by atoms with van der Waals surface area (Å²) in [6, 6.07) is 0. The Balaban J connectivity index is 2.38. The van der Waals surface area contributed by atoms with Gasteiger partial charge in [0.2, 0.25) is 0 Å². The molecule has 1 aromatic heterocycles. The Morgan fingerprint density at radius 1 is 1.59 bits per heavy atom. The van der Waals surface area contributed by atoms with Gasteiger partial charge in [0, 0.05) is 18.2 Å². The van der Waals surface area contributed by atoms with Gasteiger partial charge >= 0.3 is 5.69 Å². The molecule has 0 bridgehead atoms. The van der Waals surface area contributed by atoms with Crippen LogP contribution in [0.1, 0.15) is 18.2 Å². The summed E-state index contributed by atoms with van der Waals surface area (Å²) in [6.45, 7) is 1.34. The van der Waals surface area contributed by atoms with Gasteiger partial charge in [-0.1, -0.05) is 0 Å². The number of aryl methyl sites for hydroxylation is 1. The van der Waals surface area contributed by atoms with Gasteiger partial charge in [0.05, 0.1) is 12.7 Å². The van der Waals surface area contributed by atoms with E-state index in [1.807, 2.05) is 0 Å². The van der Waals surface area contributed by atoms with Crippen LogP contribution in [0, 0.1) is 6.92 Å². The fourth-order valence-corrected chi connectivity index (χ4v) is 1.87. The molecule has 0 aliphatic carbocycles. The maximum atomic E-state index is 11.6. The SMILES string of the molecule is Cc1cn([C@@H]2O[C@H](CO)CC2O)c(=O)[nH]c1=O. The number of H-pyrrole nitrogens is 1. The summed E-state index contributed by atoms with van der Waals surface area (Å²) in [5, 5.41) is 18.7. The maximum Gasteiger partial charge on any atom is 0.330 e. The molecular weight excluding hydrogens is 228 g/mol. The molecule has 7 nitrogen and oxygen atoms in total. The minimum absolute atomic E-state index is 0.218. The van der Waals surface area contributed by atoms with Crippen LogP contribution < -0.4 is 11.2 Å². The van der Waals surface area contributed by atoms with Crippen molar-refractivity contribution >= 4 is 0 Å². The van der Waals surface area contributed by atoms with Crippen molar-refractivity contribution in [1.29, 1.82) is 0 Å². The first-order chi connectivity index (χ1) is 8.02. The molecule has 0 saturated carbocycles. The molecule has 1 aliphatic rings. The van der Waals surface area contributed by atoms with Gasteiger partial charge < -0.3 is 14.9 Å². The molecule has 0 amide bonds. The van der Waals surface area contributed by atoms with E-state index in [1.165, 1.54) is 6.20 Å². The van der Waals surface area contributed by atoms with Crippen LogP contribution in [0.15, 0.2) is 15.8 Å². The van der Waals surface area contributed by atoms with Crippen molar-refractivity contribution < 1.29 is 14.9 Å². The number of nitrogens with zero attached hydrogens (tertiary/aromatic N) is 1. The molecule has 0 radical (unpaired) electrons. The number of aliphatic hydroxyl groups excluding tert-OH is 2. The van der Waals surface area contributed by atoms with Crippen LogP contribution in [0.2, 0.25) is 0 Å². The van der Waals surface area contributed by atoms with E-state index in [1.54, 1.807) is 6.92 Å². The summed E-state index contributed by atoms with van der Waals surface area (Å²) in [7, 11) is 0. The summed E-state index contributed by atoms with van der Waals surface area (Å²) in [5.41, 5.74) is -0.742. The van der Waals surface area contributed by atoms with Crippen LogP contribution >= 0.6 is 0 Å². The molecule has 1 aliphatic heterocycles.